The Bertz CT molecular complexity index is 1960. The van der Waals surface area contributed by atoms with E-state index >= 15 is 0 Å². The smallest absolute Gasteiger partial charge is 0.0701 e. The third kappa shape index (κ3) is 3.67. The van der Waals surface area contributed by atoms with Gasteiger partial charge in [-0.2, -0.15) is 0 Å². The van der Waals surface area contributed by atoms with Gasteiger partial charge in [0, 0.05) is 11.8 Å². The molecule has 1 aromatic heterocycles. The van der Waals surface area contributed by atoms with Crippen LogP contribution in [0.3, 0.4) is 0 Å². The zero-order chi connectivity index (χ0) is 26.5. The van der Waals surface area contributed by atoms with Gasteiger partial charge in [-0.3, -0.25) is 4.98 Å². The van der Waals surface area contributed by atoms with E-state index in [9.17, 15) is 0 Å². The summed E-state index contributed by atoms with van der Waals surface area (Å²) in [5.74, 6) is 0. The van der Waals surface area contributed by atoms with Crippen molar-refractivity contribution in [2.24, 2.45) is 0 Å². The summed E-state index contributed by atoms with van der Waals surface area (Å²) in [6.45, 7) is 0. The molecule has 0 atom stereocenters. The van der Waals surface area contributed by atoms with Crippen molar-refractivity contribution in [1.29, 1.82) is 0 Å². The van der Waals surface area contributed by atoms with Crippen molar-refractivity contribution in [2.45, 2.75) is 0 Å². The fraction of sp³-hybridized carbons (Fsp3) is 0. The van der Waals surface area contributed by atoms with Gasteiger partial charge in [-0.15, -0.1) is 0 Å². The van der Waals surface area contributed by atoms with Gasteiger partial charge in [0.1, 0.15) is 0 Å². The Labute approximate surface area is 233 Å². The molecule has 1 heteroatoms. The van der Waals surface area contributed by atoms with E-state index in [1.807, 2.05) is 18.3 Å². The number of benzene rings is 7. The SMILES string of the molecule is c1ccc(-c2ccc(-c3cc(-c4ccc(-c5ccccn5)cc4)c4ccc5cccc6ccc3c4c65)cc2)cc1. The van der Waals surface area contributed by atoms with Gasteiger partial charge >= 0.3 is 0 Å². The minimum absolute atomic E-state index is 0.989. The standard InChI is InChI=1S/C39H25N/c1-2-7-26(8-3-1)27-12-14-28(15-13-27)35-25-36(29-16-18-30(19-17-29)37-11-4-5-24-40-37)34-23-21-32-10-6-9-31-20-22-33(35)39(34)38(31)32/h1-25H. The van der Waals surface area contributed by atoms with Crippen LogP contribution in [0.4, 0.5) is 0 Å². The Morgan fingerprint density at radius 2 is 0.900 bits per heavy atom. The Kier molecular flexibility index (Phi) is 5.21. The van der Waals surface area contributed by atoms with E-state index < -0.39 is 0 Å². The highest BCUT2D eigenvalue weighted by atomic mass is 14.7. The van der Waals surface area contributed by atoms with E-state index in [1.54, 1.807) is 0 Å². The zero-order valence-electron chi connectivity index (χ0n) is 21.9. The minimum atomic E-state index is 0.989. The quantitative estimate of drug-likeness (QED) is 0.216. The molecule has 1 heterocycles. The first-order chi connectivity index (χ1) is 19.8. The lowest BCUT2D eigenvalue weighted by Gasteiger charge is -2.18. The van der Waals surface area contributed by atoms with Crippen LogP contribution >= 0.6 is 0 Å². The maximum absolute atomic E-state index is 4.54. The van der Waals surface area contributed by atoms with Gasteiger partial charge in [-0.05, 0) is 83.9 Å². The number of hydrogen-bond acceptors (Lipinski definition) is 1. The third-order valence-electron chi connectivity index (χ3n) is 8.11. The molecule has 0 aliphatic carbocycles. The van der Waals surface area contributed by atoms with Crippen molar-refractivity contribution < 1.29 is 0 Å². The predicted octanol–water partition coefficient (Wildman–Crippen LogP) is 10.6. The van der Waals surface area contributed by atoms with Gasteiger partial charge < -0.3 is 0 Å². The summed E-state index contributed by atoms with van der Waals surface area (Å²) in [7, 11) is 0. The van der Waals surface area contributed by atoms with Crippen LogP contribution in [0.2, 0.25) is 0 Å². The average molecular weight is 508 g/mol. The molecule has 1 nitrogen and oxygen atoms in total. The predicted molar refractivity (Wildman–Crippen MR) is 170 cm³/mol. The summed E-state index contributed by atoms with van der Waals surface area (Å²) < 4.78 is 0. The van der Waals surface area contributed by atoms with Gasteiger partial charge in [0.25, 0.3) is 0 Å². The Hall–Kier alpha value is -5.27. The monoisotopic (exact) mass is 507 g/mol. The summed E-state index contributed by atoms with van der Waals surface area (Å²) in [5.41, 5.74) is 9.52. The molecular weight excluding hydrogens is 482 g/mol. The number of hydrogen-bond donors (Lipinski definition) is 0. The number of aromatic nitrogens is 1. The van der Waals surface area contributed by atoms with Gasteiger partial charge in [0.15, 0.2) is 0 Å². The van der Waals surface area contributed by atoms with Crippen LogP contribution in [0.5, 0.6) is 0 Å². The Morgan fingerprint density at radius 1 is 0.350 bits per heavy atom. The molecule has 0 unspecified atom stereocenters. The highest BCUT2D eigenvalue weighted by Crippen LogP contribution is 2.44. The first kappa shape index (κ1) is 22.7. The Balaban J connectivity index is 1.36. The number of rotatable bonds is 4. The van der Waals surface area contributed by atoms with Gasteiger partial charge in [-0.1, -0.05) is 127 Å². The molecule has 40 heavy (non-hydrogen) atoms. The lowest BCUT2D eigenvalue weighted by atomic mass is 9.85. The normalized spacial score (nSPS) is 11.5. The molecule has 186 valence electrons. The molecule has 0 saturated carbocycles. The summed E-state index contributed by atoms with van der Waals surface area (Å²) >= 11 is 0. The van der Waals surface area contributed by atoms with Crippen molar-refractivity contribution in [3.05, 3.63) is 152 Å². The van der Waals surface area contributed by atoms with E-state index in [0.29, 0.717) is 0 Å². The molecule has 7 aromatic carbocycles. The molecule has 0 radical (unpaired) electrons. The Morgan fingerprint density at radius 3 is 1.50 bits per heavy atom. The highest BCUT2D eigenvalue weighted by molar-refractivity contribution is 6.28. The number of pyridine rings is 1. The second-order valence-electron chi connectivity index (χ2n) is 10.4. The number of nitrogens with zero attached hydrogens (tertiary/aromatic N) is 1. The van der Waals surface area contributed by atoms with Crippen LogP contribution < -0.4 is 0 Å². The van der Waals surface area contributed by atoms with Gasteiger partial charge in [0.05, 0.1) is 5.69 Å². The second kappa shape index (κ2) is 9.18. The lowest BCUT2D eigenvalue weighted by Crippen LogP contribution is -1.91. The molecule has 0 amide bonds. The van der Waals surface area contributed by atoms with E-state index in [0.717, 1.165) is 11.3 Å². The third-order valence-corrected chi connectivity index (χ3v) is 8.11. The van der Waals surface area contributed by atoms with E-state index in [-0.39, 0.29) is 0 Å². The van der Waals surface area contributed by atoms with Crippen molar-refractivity contribution >= 4 is 32.3 Å². The molecule has 8 aromatic rings. The van der Waals surface area contributed by atoms with Crippen LogP contribution in [0.25, 0.3) is 77.0 Å². The van der Waals surface area contributed by atoms with E-state index in [4.69, 9.17) is 0 Å². The molecule has 0 bridgehead atoms. The van der Waals surface area contributed by atoms with Crippen LogP contribution in [0, 0.1) is 0 Å². The summed E-state index contributed by atoms with van der Waals surface area (Å²) in [6.07, 6.45) is 1.85. The van der Waals surface area contributed by atoms with Crippen LogP contribution in [-0.2, 0) is 0 Å². The highest BCUT2D eigenvalue weighted by Gasteiger charge is 2.17. The van der Waals surface area contributed by atoms with Gasteiger partial charge in [0.2, 0.25) is 0 Å². The van der Waals surface area contributed by atoms with Crippen LogP contribution in [0.1, 0.15) is 0 Å². The molecule has 8 rings (SSSR count). The molecule has 0 N–H and O–H groups in total. The first-order valence-corrected chi connectivity index (χ1v) is 13.7. The van der Waals surface area contributed by atoms with Crippen LogP contribution in [-0.4, -0.2) is 4.98 Å². The van der Waals surface area contributed by atoms with Crippen molar-refractivity contribution in [3.63, 3.8) is 0 Å². The van der Waals surface area contributed by atoms with E-state index in [1.165, 1.54) is 65.7 Å². The molecule has 0 spiro atoms. The molecule has 0 fully saturated rings. The van der Waals surface area contributed by atoms with Crippen LogP contribution in [0.15, 0.2) is 152 Å². The fourth-order valence-corrected chi connectivity index (χ4v) is 6.14. The van der Waals surface area contributed by atoms with Crippen molar-refractivity contribution in [1.82, 2.24) is 4.98 Å². The summed E-state index contributed by atoms with van der Waals surface area (Å²) in [5, 5.41) is 7.82. The fourth-order valence-electron chi connectivity index (χ4n) is 6.14. The molecule has 0 aliphatic rings. The second-order valence-corrected chi connectivity index (χ2v) is 10.4. The summed E-state index contributed by atoms with van der Waals surface area (Å²) in [6, 6.07) is 52.6. The molecule has 0 saturated heterocycles. The summed E-state index contributed by atoms with van der Waals surface area (Å²) in [4.78, 5) is 4.54. The van der Waals surface area contributed by atoms with Crippen molar-refractivity contribution in [3.8, 4) is 44.6 Å². The van der Waals surface area contributed by atoms with Gasteiger partial charge in [-0.25, -0.2) is 0 Å². The maximum Gasteiger partial charge on any atom is 0.0701 e. The largest absolute Gasteiger partial charge is 0.256 e. The van der Waals surface area contributed by atoms with E-state index in [2.05, 4.69) is 138 Å². The molecular formula is C39H25N. The maximum atomic E-state index is 4.54. The average Bonchev–Trinajstić information content (AvgIpc) is 3.04. The molecule has 0 aliphatic heterocycles. The zero-order valence-corrected chi connectivity index (χ0v) is 21.9. The minimum Gasteiger partial charge on any atom is -0.256 e. The first-order valence-electron chi connectivity index (χ1n) is 13.7. The topological polar surface area (TPSA) is 12.9 Å². The van der Waals surface area contributed by atoms with Crippen molar-refractivity contribution in [2.75, 3.05) is 0 Å². The lowest BCUT2D eigenvalue weighted by molar-refractivity contribution is 1.33.